The van der Waals surface area contributed by atoms with Gasteiger partial charge >= 0.3 is 0 Å². The number of hydrogen-bond acceptors (Lipinski definition) is 4. The van der Waals surface area contributed by atoms with Gasteiger partial charge < -0.3 is 14.6 Å². The van der Waals surface area contributed by atoms with Gasteiger partial charge in [-0.25, -0.2) is 0 Å². The lowest BCUT2D eigenvalue weighted by molar-refractivity contribution is 0.0377. The maximum absolute atomic E-state index is 8.47. The van der Waals surface area contributed by atoms with Crippen molar-refractivity contribution in [1.82, 2.24) is 0 Å². The standard InChI is InChI=1S/C13H28O3S/c1-2-3-4-5-6-12-17-13-11-16-10-9-15-8-7-14/h14H,2-13H2,1H3. The molecule has 0 aliphatic heterocycles. The Balaban J connectivity index is 2.85. The van der Waals surface area contributed by atoms with Gasteiger partial charge in [0.25, 0.3) is 0 Å². The van der Waals surface area contributed by atoms with E-state index in [1.54, 1.807) is 0 Å². The Morgan fingerprint density at radius 3 is 2.24 bits per heavy atom. The van der Waals surface area contributed by atoms with Crippen LogP contribution in [-0.2, 0) is 9.47 Å². The van der Waals surface area contributed by atoms with Crippen molar-refractivity contribution in [2.24, 2.45) is 0 Å². The van der Waals surface area contributed by atoms with Crippen LogP contribution in [0.3, 0.4) is 0 Å². The zero-order valence-corrected chi connectivity index (χ0v) is 12.0. The van der Waals surface area contributed by atoms with Gasteiger partial charge in [-0.2, -0.15) is 11.8 Å². The number of thioether (sulfide) groups is 1. The Bertz CT molecular complexity index is 120. The van der Waals surface area contributed by atoms with Crippen LogP contribution in [0.15, 0.2) is 0 Å². The first-order chi connectivity index (χ1) is 8.41. The molecule has 0 aromatic rings. The number of aliphatic hydroxyl groups is 1. The summed E-state index contributed by atoms with van der Waals surface area (Å²) in [7, 11) is 0. The lowest BCUT2D eigenvalue weighted by atomic mass is 10.2. The maximum Gasteiger partial charge on any atom is 0.0701 e. The first kappa shape index (κ1) is 17.2. The van der Waals surface area contributed by atoms with E-state index >= 15 is 0 Å². The van der Waals surface area contributed by atoms with Crippen LogP contribution in [0.4, 0.5) is 0 Å². The molecule has 104 valence electrons. The Morgan fingerprint density at radius 2 is 1.53 bits per heavy atom. The van der Waals surface area contributed by atoms with Crippen molar-refractivity contribution in [2.75, 3.05) is 44.5 Å². The Morgan fingerprint density at radius 1 is 0.824 bits per heavy atom. The summed E-state index contributed by atoms with van der Waals surface area (Å²) >= 11 is 1.97. The average molecular weight is 264 g/mol. The average Bonchev–Trinajstić information content (AvgIpc) is 2.35. The molecular formula is C13H28O3S. The molecular weight excluding hydrogens is 236 g/mol. The molecule has 0 spiro atoms. The molecule has 0 atom stereocenters. The lowest BCUT2D eigenvalue weighted by Gasteiger charge is -2.05. The van der Waals surface area contributed by atoms with Gasteiger partial charge in [0.15, 0.2) is 0 Å². The molecule has 0 saturated carbocycles. The summed E-state index contributed by atoms with van der Waals surface area (Å²) in [5, 5.41) is 8.47. The molecule has 0 heterocycles. The van der Waals surface area contributed by atoms with Gasteiger partial charge in [0, 0.05) is 5.75 Å². The second kappa shape index (κ2) is 16.2. The van der Waals surface area contributed by atoms with Crippen LogP contribution < -0.4 is 0 Å². The molecule has 0 fully saturated rings. The summed E-state index contributed by atoms with van der Waals surface area (Å²) < 4.78 is 10.5. The molecule has 0 amide bonds. The highest BCUT2D eigenvalue weighted by molar-refractivity contribution is 7.99. The highest BCUT2D eigenvalue weighted by Gasteiger charge is 1.92. The Hall–Kier alpha value is 0.230. The molecule has 0 saturated heterocycles. The minimum absolute atomic E-state index is 0.0912. The maximum atomic E-state index is 8.47. The minimum Gasteiger partial charge on any atom is -0.394 e. The molecule has 0 aliphatic carbocycles. The molecule has 0 aromatic heterocycles. The molecule has 0 bridgehead atoms. The van der Waals surface area contributed by atoms with E-state index < -0.39 is 0 Å². The molecule has 0 aliphatic rings. The van der Waals surface area contributed by atoms with Gasteiger partial charge in [-0.15, -0.1) is 0 Å². The second-order valence-corrected chi connectivity index (χ2v) is 5.20. The fourth-order valence-corrected chi connectivity index (χ4v) is 2.26. The van der Waals surface area contributed by atoms with Crippen LogP contribution >= 0.6 is 11.8 Å². The fraction of sp³-hybridized carbons (Fsp3) is 1.00. The number of hydrogen-bond donors (Lipinski definition) is 1. The van der Waals surface area contributed by atoms with Gasteiger partial charge in [-0.05, 0) is 12.2 Å². The molecule has 0 unspecified atom stereocenters. The second-order valence-electron chi connectivity index (χ2n) is 3.97. The van der Waals surface area contributed by atoms with E-state index in [0.29, 0.717) is 19.8 Å². The van der Waals surface area contributed by atoms with Crippen LogP contribution in [0.5, 0.6) is 0 Å². The molecule has 1 N–H and O–H groups in total. The van der Waals surface area contributed by atoms with Crippen molar-refractivity contribution in [1.29, 1.82) is 0 Å². The van der Waals surface area contributed by atoms with E-state index in [0.717, 1.165) is 12.4 Å². The van der Waals surface area contributed by atoms with E-state index in [2.05, 4.69) is 6.92 Å². The number of unbranched alkanes of at least 4 members (excludes halogenated alkanes) is 4. The highest BCUT2D eigenvalue weighted by atomic mass is 32.2. The summed E-state index contributed by atoms with van der Waals surface area (Å²) in [5.74, 6) is 2.34. The van der Waals surface area contributed by atoms with Crippen LogP contribution in [0.25, 0.3) is 0 Å². The molecule has 4 heteroatoms. The topological polar surface area (TPSA) is 38.7 Å². The third-order valence-corrected chi connectivity index (χ3v) is 3.40. The Kier molecular flexibility index (Phi) is 16.4. The van der Waals surface area contributed by atoms with Gasteiger partial charge in [0.1, 0.15) is 0 Å². The minimum atomic E-state index is 0.0912. The summed E-state index contributed by atoms with van der Waals surface area (Å²) in [5.41, 5.74) is 0. The van der Waals surface area contributed by atoms with E-state index in [4.69, 9.17) is 14.6 Å². The van der Waals surface area contributed by atoms with Crippen molar-refractivity contribution in [3.8, 4) is 0 Å². The first-order valence-electron chi connectivity index (χ1n) is 6.76. The highest BCUT2D eigenvalue weighted by Crippen LogP contribution is 2.08. The number of ether oxygens (including phenoxy) is 2. The first-order valence-corrected chi connectivity index (χ1v) is 7.91. The monoisotopic (exact) mass is 264 g/mol. The zero-order valence-electron chi connectivity index (χ0n) is 11.2. The predicted molar refractivity (Wildman–Crippen MR) is 74.8 cm³/mol. The van der Waals surface area contributed by atoms with Gasteiger partial charge in [-0.3, -0.25) is 0 Å². The van der Waals surface area contributed by atoms with Gasteiger partial charge in [-0.1, -0.05) is 32.6 Å². The molecule has 0 aromatic carbocycles. The summed E-state index contributed by atoms with van der Waals surface area (Å²) in [4.78, 5) is 0. The van der Waals surface area contributed by atoms with Gasteiger partial charge in [0.05, 0.1) is 33.0 Å². The largest absolute Gasteiger partial charge is 0.394 e. The van der Waals surface area contributed by atoms with Crippen molar-refractivity contribution in [2.45, 2.75) is 39.0 Å². The fourth-order valence-electron chi connectivity index (χ4n) is 1.41. The predicted octanol–water partition coefficient (Wildman–Crippen LogP) is 2.72. The van der Waals surface area contributed by atoms with Crippen LogP contribution in [0.2, 0.25) is 0 Å². The molecule has 0 rings (SSSR count). The molecule has 17 heavy (non-hydrogen) atoms. The van der Waals surface area contributed by atoms with Crippen LogP contribution in [-0.4, -0.2) is 49.6 Å². The van der Waals surface area contributed by atoms with Crippen LogP contribution in [0.1, 0.15) is 39.0 Å². The summed E-state index contributed by atoms with van der Waals surface area (Å²) in [6, 6.07) is 0. The number of aliphatic hydroxyl groups excluding tert-OH is 1. The van der Waals surface area contributed by atoms with E-state index in [-0.39, 0.29) is 6.61 Å². The van der Waals surface area contributed by atoms with Crippen molar-refractivity contribution in [3.05, 3.63) is 0 Å². The van der Waals surface area contributed by atoms with E-state index in [9.17, 15) is 0 Å². The lowest BCUT2D eigenvalue weighted by Crippen LogP contribution is -2.08. The van der Waals surface area contributed by atoms with E-state index in [1.807, 2.05) is 11.8 Å². The third kappa shape index (κ3) is 16.2. The van der Waals surface area contributed by atoms with Crippen molar-refractivity contribution >= 4 is 11.8 Å². The smallest absolute Gasteiger partial charge is 0.0701 e. The van der Waals surface area contributed by atoms with Crippen LogP contribution in [0, 0.1) is 0 Å². The van der Waals surface area contributed by atoms with Gasteiger partial charge in [0.2, 0.25) is 0 Å². The van der Waals surface area contributed by atoms with Crippen molar-refractivity contribution < 1.29 is 14.6 Å². The number of rotatable bonds is 14. The Labute approximate surface area is 110 Å². The molecule has 3 nitrogen and oxygen atoms in total. The zero-order chi connectivity index (χ0) is 12.6. The summed E-state index contributed by atoms with van der Waals surface area (Å²) in [6.07, 6.45) is 6.79. The van der Waals surface area contributed by atoms with E-state index in [1.165, 1.54) is 37.9 Å². The third-order valence-electron chi connectivity index (χ3n) is 2.37. The summed E-state index contributed by atoms with van der Waals surface area (Å²) in [6.45, 7) is 4.78. The SMILES string of the molecule is CCCCCCCSCCOCCOCCO. The van der Waals surface area contributed by atoms with Crippen molar-refractivity contribution in [3.63, 3.8) is 0 Å². The molecule has 0 radical (unpaired) electrons. The quantitative estimate of drug-likeness (QED) is 0.490. The normalized spacial score (nSPS) is 10.9.